The predicted molar refractivity (Wildman–Crippen MR) is 160 cm³/mol. The molecule has 0 saturated heterocycles. The molecule has 2 aromatic rings. The van der Waals surface area contributed by atoms with Crippen LogP contribution in [0.25, 0.3) is 11.1 Å². The summed E-state index contributed by atoms with van der Waals surface area (Å²) >= 11 is 0. The minimum absolute atomic E-state index is 0.119. The number of unbranched alkanes of at least 4 members (excludes halogenated alkanes) is 12. The van der Waals surface area contributed by atoms with Crippen molar-refractivity contribution < 1.29 is 23.7 Å². The summed E-state index contributed by atoms with van der Waals surface area (Å²) in [6.45, 7) is 4.92. The fourth-order valence-electron chi connectivity index (χ4n) is 4.49. The quantitative estimate of drug-likeness (QED) is 0.0930. The van der Waals surface area contributed by atoms with E-state index in [1.54, 1.807) is 0 Å². The number of carbonyl (C=O) groups is 1. The number of carbonyl (C=O) groups excluding carboxylic acids is 1. The average Bonchev–Trinajstić information content (AvgIpc) is 2.97. The highest BCUT2D eigenvalue weighted by Crippen LogP contribution is 2.22. The van der Waals surface area contributed by atoms with Crippen LogP contribution in [0.4, 0.5) is 0 Å². The van der Waals surface area contributed by atoms with Crippen molar-refractivity contribution in [3.63, 3.8) is 0 Å². The van der Waals surface area contributed by atoms with E-state index in [1.807, 2.05) is 30.3 Å². The highest BCUT2D eigenvalue weighted by Gasteiger charge is 2.03. The number of rotatable bonds is 25. The first kappa shape index (κ1) is 32.8. The molecule has 0 atom stereocenters. The van der Waals surface area contributed by atoms with Gasteiger partial charge in [0.1, 0.15) is 19.0 Å². The molecule has 0 radical (unpaired) electrons. The molecular formula is C34H52O5. The van der Waals surface area contributed by atoms with Gasteiger partial charge >= 0.3 is 5.97 Å². The summed E-state index contributed by atoms with van der Waals surface area (Å²) in [4.78, 5) is 11.8. The van der Waals surface area contributed by atoms with Crippen LogP contribution in [0.15, 0.2) is 54.6 Å². The van der Waals surface area contributed by atoms with Gasteiger partial charge in [-0.15, -0.1) is 0 Å². The van der Waals surface area contributed by atoms with Crippen LogP contribution < -0.4 is 4.74 Å². The second-order valence-corrected chi connectivity index (χ2v) is 10.2. The lowest BCUT2D eigenvalue weighted by molar-refractivity contribution is -0.145. The largest absolute Gasteiger partial charge is 0.491 e. The molecule has 0 aliphatic rings. The van der Waals surface area contributed by atoms with Gasteiger partial charge in [0.05, 0.1) is 26.4 Å². The summed E-state index contributed by atoms with van der Waals surface area (Å²) < 4.78 is 22.0. The summed E-state index contributed by atoms with van der Waals surface area (Å²) in [6, 6.07) is 18.4. The zero-order valence-electron chi connectivity index (χ0n) is 24.4. The van der Waals surface area contributed by atoms with E-state index in [0.717, 1.165) is 18.6 Å². The van der Waals surface area contributed by atoms with Crippen LogP contribution in [0.1, 0.15) is 96.8 Å². The van der Waals surface area contributed by atoms with Gasteiger partial charge in [0.2, 0.25) is 0 Å². The molecule has 0 amide bonds. The third kappa shape index (κ3) is 17.8. The number of ether oxygens (including phenoxy) is 4. The van der Waals surface area contributed by atoms with Gasteiger partial charge in [-0.3, -0.25) is 4.79 Å². The molecule has 2 rings (SSSR count). The van der Waals surface area contributed by atoms with Gasteiger partial charge in [-0.25, -0.2) is 0 Å². The zero-order chi connectivity index (χ0) is 27.6. The standard InChI is InChI=1S/C34H52O5/c1-2-3-4-5-6-7-8-9-10-11-12-13-17-20-34(35)39-30-28-37-26-25-36-27-29-38-33-23-21-32(22-24-33)31-18-15-14-16-19-31/h14-16,18-19,21-24H,2-13,17,20,25-30H2,1H3. The highest BCUT2D eigenvalue weighted by atomic mass is 16.6. The lowest BCUT2D eigenvalue weighted by Gasteiger charge is -2.09. The van der Waals surface area contributed by atoms with Crippen LogP contribution in [0, 0.1) is 0 Å². The maximum absolute atomic E-state index is 11.8. The van der Waals surface area contributed by atoms with Crippen molar-refractivity contribution in [3.05, 3.63) is 54.6 Å². The van der Waals surface area contributed by atoms with Gasteiger partial charge in [0, 0.05) is 6.42 Å². The van der Waals surface area contributed by atoms with Gasteiger partial charge in [-0.2, -0.15) is 0 Å². The minimum atomic E-state index is -0.119. The maximum Gasteiger partial charge on any atom is 0.305 e. The van der Waals surface area contributed by atoms with E-state index in [2.05, 4.69) is 31.2 Å². The summed E-state index contributed by atoms with van der Waals surface area (Å²) in [7, 11) is 0. The van der Waals surface area contributed by atoms with Gasteiger partial charge in [0.15, 0.2) is 0 Å². The van der Waals surface area contributed by atoms with Crippen molar-refractivity contribution in [2.24, 2.45) is 0 Å². The van der Waals surface area contributed by atoms with Crippen LogP contribution in [-0.2, 0) is 19.0 Å². The topological polar surface area (TPSA) is 54.0 Å². The molecule has 0 aliphatic carbocycles. The molecule has 218 valence electrons. The molecule has 5 nitrogen and oxygen atoms in total. The van der Waals surface area contributed by atoms with Crippen molar-refractivity contribution in [2.45, 2.75) is 96.8 Å². The lowest BCUT2D eigenvalue weighted by atomic mass is 10.0. The Labute approximate surface area is 237 Å². The molecule has 0 saturated carbocycles. The molecule has 0 N–H and O–H groups in total. The SMILES string of the molecule is CCCCCCCCCCCCCCCC(=O)OCCOCCOCCOc1ccc(-c2ccccc2)cc1. The molecule has 0 spiro atoms. The molecule has 0 bridgehead atoms. The number of hydrogen-bond acceptors (Lipinski definition) is 5. The van der Waals surface area contributed by atoms with E-state index < -0.39 is 0 Å². The summed E-state index contributed by atoms with van der Waals surface area (Å²) in [6.07, 6.45) is 17.5. The molecule has 0 heterocycles. The van der Waals surface area contributed by atoms with Crippen LogP contribution in [0.3, 0.4) is 0 Å². The second kappa shape index (κ2) is 23.5. The van der Waals surface area contributed by atoms with Crippen molar-refractivity contribution in [1.29, 1.82) is 0 Å². The molecule has 0 unspecified atom stereocenters. The minimum Gasteiger partial charge on any atom is -0.491 e. The Hall–Kier alpha value is -2.37. The Morgan fingerprint density at radius 1 is 0.538 bits per heavy atom. The second-order valence-electron chi connectivity index (χ2n) is 10.2. The Morgan fingerprint density at radius 3 is 1.62 bits per heavy atom. The fraction of sp³-hybridized carbons (Fsp3) is 0.618. The third-order valence-electron chi connectivity index (χ3n) is 6.81. The molecule has 0 aliphatic heterocycles. The normalized spacial score (nSPS) is 11.0. The maximum atomic E-state index is 11.8. The van der Waals surface area contributed by atoms with E-state index in [-0.39, 0.29) is 5.97 Å². The van der Waals surface area contributed by atoms with Gasteiger partial charge in [0.25, 0.3) is 0 Å². The van der Waals surface area contributed by atoms with E-state index in [9.17, 15) is 4.79 Å². The Morgan fingerprint density at radius 2 is 1.03 bits per heavy atom. The summed E-state index contributed by atoms with van der Waals surface area (Å²) in [5, 5.41) is 0. The number of esters is 1. The summed E-state index contributed by atoms with van der Waals surface area (Å²) in [5.41, 5.74) is 2.36. The fourth-order valence-corrected chi connectivity index (χ4v) is 4.49. The first-order valence-corrected chi connectivity index (χ1v) is 15.4. The zero-order valence-corrected chi connectivity index (χ0v) is 24.4. The highest BCUT2D eigenvalue weighted by molar-refractivity contribution is 5.69. The van der Waals surface area contributed by atoms with Crippen LogP contribution in [0.5, 0.6) is 5.75 Å². The monoisotopic (exact) mass is 540 g/mol. The molecule has 0 fully saturated rings. The van der Waals surface area contributed by atoms with Crippen LogP contribution in [0.2, 0.25) is 0 Å². The molecule has 2 aromatic carbocycles. The first-order valence-electron chi connectivity index (χ1n) is 15.4. The van der Waals surface area contributed by atoms with Gasteiger partial charge in [-0.1, -0.05) is 126 Å². The third-order valence-corrected chi connectivity index (χ3v) is 6.81. The van der Waals surface area contributed by atoms with E-state index in [1.165, 1.54) is 81.8 Å². The summed E-state index contributed by atoms with van der Waals surface area (Å²) in [5.74, 6) is 0.710. The van der Waals surface area contributed by atoms with Crippen molar-refractivity contribution in [3.8, 4) is 16.9 Å². The van der Waals surface area contributed by atoms with Crippen molar-refractivity contribution in [1.82, 2.24) is 0 Å². The van der Waals surface area contributed by atoms with E-state index >= 15 is 0 Å². The molecule has 39 heavy (non-hydrogen) atoms. The van der Waals surface area contributed by atoms with Gasteiger partial charge < -0.3 is 18.9 Å². The van der Waals surface area contributed by atoms with Crippen LogP contribution >= 0.6 is 0 Å². The average molecular weight is 541 g/mol. The Bertz CT molecular complexity index is 821. The van der Waals surface area contributed by atoms with Crippen LogP contribution in [-0.4, -0.2) is 45.6 Å². The number of benzene rings is 2. The predicted octanol–water partition coefficient (Wildman–Crippen LogP) is 8.79. The van der Waals surface area contributed by atoms with Crippen molar-refractivity contribution >= 4 is 5.97 Å². The lowest BCUT2D eigenvalue weighted by Crippen LogP contribution is -2.14. The van der Waals surface area contributed by atoms with Crippen molar-refractivity contribution in [2.75, 3.05) is 39.6 Å². The number of hydrogen-bond donors (Lipinski definition) is 0. The van der Waals surface area contributed by atoms with E-state index in [4.69, 9.17) is 18.9 Å². The Balaban J connectivity index is 1.29. The van der Waals surface area contributed by atoms with Gasteiger partial charge in [-0.05, 0) is 29.7 Å². The molecular weight excluding hydrogens is 488 g/mol. The smallest absolute Gasteiger partial charge is 0.305 e. The Kier molecular flexibility index (Phi) is 19.8. The molecule has 0 aromatic heterocycles. The molecule has 5 heteroatoms. The first-order chi connectivity index (χ1) is 19.3. The van der Waals surface area contributed by atoms with E-state index in [0.29, 0.717) is 46.1 Å².